The van der Waals surface area contributed by atoms with Crippen LogP contribution >= 0.6 is 7.82 Å². The SMILES string of the molecule is C#CC#CC#CC#CC(=O)OC[C@@H](COP(=O)(O)O)OC(=O)CCCCCCCCCCCCC. The lowest BCUT2D eigenvalue weighted by Crippen LogP contribution is -2.29. The van der Waals surface area contributed by atoms with Crippen molar-refractivity contribution in [3.05, 3.63) is 0 Å². The minimum atomic E-state index is -4.79. The molecule has 0 aromatic heterocycles. The zero-order valence-electron chi connectivity index (χ0n) is 20.3. The molecule has 0 bridgehead atoms. The molecule has 9 heteroatoms. The maximum Gasteiger partial charge on any atom is 0.469 e. The monoisotopic (exact) mass is 506 g/mol. The second-order valence-corrected chi connectivity index (χ2v) is 8.92. The largest absolute Gasteiger partial charge is 0.469 e. The van der Waals surface area contributed by atoms with Crippen molar-refractivity contribution in [2.24, 2.45) is 0 Å². The Hall–Kier alpha value is -2.71. The van der Waals surface area contributed by atoms with Crippen molar-refractivity contribution in [2.75, 3.05) is 13.2 Å². The molecular formula is C26H35O8P. The van der Waals surface area contributed by atoms with Gasteiger partial charge in [-0.25, -0.2) is 9.36 Å². The number of carbonyl (C=O) groups excluding carboxylic acids is 2. The summed E-state index contributed by atoms with van der Waals surface area (Å²) in [6.45, 7) is 1.08. The fourth-order valence-electron chi connectivity index (χ4n) is 2.89. The van der Waals surface area contributed by atoms with Gasteiger partial charge in [-0.1, -0.05) is 71.1 Å². The molecular weight excluding hydrogens is 471 g/mol. The normalized spacial score (nSPS) is 10.8. The van der Waals surface area contributed by atoms with Gasteiger partial charge in [-0.15, -0.1) is 6.42 Å². The Labute approximate surface area is 209 Å². The molecule has 0 fully saturated rings. The van der Waals surface area contributed by atoms with Gasteiger partial charge in [-0.2, -0.15) is 0 Å². The number of hydrogen-bond donors (Lipinski definition) is 2. The summed E-state index contributed by atoms with van der Waals surface area (Å²) in [5.74, 6) is 13.9. The third-order valence-electron chi connectivity index (χ3n) is 4.60. The Bertz CT molecular complexity index is 895. The van der Waals surface area contributed by atoms with Crippen molar-refractivity contribution in [1.29, 1.82) is 0 Å². The molecule has 0 rings (SSSR count). The van der Waals surface area contributed by atoms with Gasteiger partial charge in [0.15, 0.2) is 6.10 Å². The Balaban J connectivity index is 4.30. The van der Waals surface area contributed by atoms with E-state index in [1.807, 2.05) is 0 Å². The number of phosphoric acid groups is 1. The molecule has 0 spiro atoms. The Morgan fingerprint density at radius 3 is 1.94 bits per heavy atom. The predicted molar refractivity (Wildman–Crippen MR) is 132 cm³/mol. The molecule has 0 aliphatic heterocycles. The lowest BCUT2D eigenvalue weighted by atomic mass is 10.1. The van der Waals surface area contributed by atoms with Crippen molar-refractivity contribution in [3.8, 4) is 47.9 Å². The van der Waals surface area contributed by atoms with E-state index in [1.54, 1.807) is 0 Å². The third-order valence-corrected chi connectivity index (χ3v) is 5.08. The standard InChI is InChI=1S/C26H35O8P/c1-3-5-7-9-11-12-13-14-15-17-19-21-26(28)34-24(23-33-35(29,30)31)22-32-25(27)20-18-16-10-8-6-4-2/h2,24H,3,5,7,9,11-15,17,19,21-23H2,1H3,(H2,29,30,31)/t24-/m0/s1. The zero-order valence-corrected chi connectivity index (χ0v) is 21.2. The number of hydrogen-bond acceptors (Lipinski definition) is 6. The third kappa shape index (κ3) is 24.2. The fraction of sp³-hybridized carbons (Fsp3) is 0.615. The number of ether oxygens (including phenoxy) is 2. The van der Waals surface area contributed by atoms with Crippen LogP contribution in [-0.2, 0) is 28.2 Å². The van der Waals surface area contributed by atoms with E-state index in [9.17, 15) is 14.2 Å². The van der Waals surface area contributed by atoms with E-state index in [2.05, 4.69) is 52.9 Å². The summed E-state index contributed by atoms with van der Waals surface area (Å²) in [5, 5.41) is 0. The zero-order chi connectivity index (χ0) is 26.2. The van der Waals surface area contributed by atoms with Crippen LogP contribution in [0.4, 0.5) is 0 Å². The van der Waals surface area contributed by atoms with E-state index in [4.69, 9.17) is 25.7 Å². The summed E-state index contributed by atoms with van der Waals surface area (Å²) in [7, 11) is -4.79. The molecule has 0 aromatic carbocycles. The van der Waals surface area contributed by atoms with E-state index >= 15 is 0 Å². The van der Waals surface area contributed by atoms with Crippen molar-refractivity contribution in [3.63, 3.8) is 0 Å². The minimum absolute atomic E-state index is 0.144. The van der Waals surface area contributed by atoms with E-state index in [-0.39, 0.29) is 6.42 Å². The minimum Gasteiger partial charge on any atom is -0.456 e. The first-order valence-corrected chi connectivity index (χ1v) is 13.3. The van der Waals surface area contributed by atoms with Crippen LogP contribution in [0.5, 0.6) is 0 Å². The van der Waals surface area contributed by atoms with Gasteiger partial charge >= 0.3 is 19.8 Å². The first kappa shape index (κ1) is 32.3. The average Bonchev–Trinajstić information content (AvgIpc) is 2.81. The first-order chi connectivity index (χ1) is 16.8. The Kier molecular flexibility index (Phi) is 20.1. The highest BCUT2D eigenvalue weighted by molar-refractivity contribution is 7.46. The molecule has 0 aromatic rings. The van der Waals surface area contributed by atoms with E-state index in [0.717, 1.165) is 19.3 Å². The van der Waals surface area contributed by atoms with Crippen LogP contribution in [0.1, 0.15) is 84.0 Å². The number of phosphoric ester groups is 1. The van der Waals surface area contributed by atoms with Crippen molar-refractivity contribution < 1.29 is 37.9 Å². The van der Waals surface area contributed by atoms with E-state index in [1.165, 1.54) is 44.9 Å². The molecule has 0 aliphatic carbocycles. The van der Waals surface area contributed by atoms with Crippen LogP contribution in [0.25, 0.3) is 0 Å². The smallest absolute Gasteiger partial charge is 0.456 e. The summed E-state index contributed by atoms with van der Waals surface area (Å²) in [6, 6.07) is 0. The molecule has 35 heavy (non-hydrogen) atoms. The van der Waals surface area contributed by atoms with Gasteiger partial charge in [0.25, 0.3) is 0 Å². The molecule has 0 amide bonds. The van der Waals surface area contributed by atoms with Crippen LogP contribution in [0.2, 0.25) is 0 Å². The number of terminal acetylenes is 1. The van der Waals surface area contributed by atoms with Gasteiger partial charge in [0.1, 0.15) is 6.61 Å². The molecule has 192 valence electrons. The molecule has 2 N–H and O–H groups in total. The summed E-state index contributed by atoms with van der Waals surface area (Å²) in [4.78, 5) is 41.5. The number of carbonyl (C=O) groups is 2. The van der Waals surface area contributed by atoms with Crippen molar-refractivity contribution in [1.82, 2.24) is 0 Å². The number of unbranched alkanes of at least 4 members (excludes halogenated alkanes) is 10. The average molecular weight is 507 g/mol. The molecule has 8 nitrogen and oxygen atoms in total. The van der Waals surface area contributed by atoms with Crippen molar-refractivity contribution >= 4 is 19.8 Å². The van der Waals surface area contributed by atoms with Gasteiger partial charge < -0.3 is 19.3 Å². The highest BCUT2D eigenvalue weighted by Crippen LogP contribution is 2.35. The highest BCUT2D eigenvalue weighted by Gasteiger charge is 2.22. The molecule has 0 aliphatic rings. The topological polar surface area (TPSA) is 119 Å². The lowest BCUT2D eigenvalue weighted by Gasteiger charge is -2.17. The van der Waals surface area contributed by atoms with Gasteiger partial charge in [0.05, 0.1) is 6.61 Å². The van der Waals surface area contributed by atoms with Gasteiger partial charge in [-0.3, -0.25) is 9.32 Å². The van der Waals surface area contributed by atoms with Gasteiger partial charge in [0, 0.05) is 12.3 Å². The maximum absolute atomic E-state index is 12.1. The molecule has 0 heterocycles. The van der Waals surface area contributed by atoms with Crippen LogP contribution in [0, 0.1) is 47.9 Å². The predicted octanol–water partition coefficient (Wildman–Crippen LogP) is 3.90. The maximum atomic E-state index is 12.1. The molecule has 0 saturated carbocycles. The second-order valence-electron chi connectivity index (χ2n) is 7.68. The molecule has 1 atom stereocenters. The molecule has 0 unspecified atom stereocenters. The number of rotatable bonds is 18. The fourth-order valence-corrected chi connectivity index (χ4v) is 3.25. The summed E-state index contributed by atoms with van der Waals surface area (Å²) >= 11 is 0. The van der Waals surface area contributed by atoms with Gasteiger partial charge in [-0.05, 0) is 41.9 Å². The Morgan fingerprint density at radius 1 is 0.829 bits per heavy atom. The first-order valence-electron chi connectivity index (χ1n) is 11.8. The summed E-state index contributed by atoms with van der Waals surface area (Å²) in [6.07, 6.45) is 16.4. The van der Waals surface area contributed by atoms with Crippen LogP contribution in [0.3, 0.4) is 0 Å². The van der Waals surface area contributed by atoms with Crippen LogP contribution in [0.15, 0.2) is 0 Å². The number of esters is 2. The molecule has 0 radical (unpaired) electrons. The molecule has 0 saturated heterocycles. The van der Waals surface area contributed by atoms with Crippen LogP contribution in [-0.4, -0.2) is 41.0 Å². The summed E-state index contributed by atoms with van der Waals surface area (Å²) < 4.78 is 25.3. The quantitative estimate of drug-likeness (QED) is 0.0945. The Morgan fingerprint density at radius 2 is 1.37 bits per heavy atom. The second kappa shape index (κ2) is 21.8. The summed E-state index contributed by atoms with van der Waals surface area (Å²) in [5.41, 5.74) is 0. The van der Waals surface area contributed by atoms with Crippen molar-refractivity contribution in [2.45, 2.75) is 90.1 Å². The van der Waals surface area contributed by atoms with E-state index in [0.29, 0.717) is 6.42 Å². The van der Waals surface area contributed by atoms with Gasteiger partial charge in [0.2, 0.25) is 0 Å². The van der Waals surface area contributed by atoms with E-state index < -0.39 is 39.1 Å². The lowest BCUT2D eigenvalue weighted by molar-refractivity contribution is -0.158. The highest BCUT2D eigenvalue weighted by atomic mass is 31.2. The van der Waals surface area contributed by atoms with Crippen LogP contribution < -0.4 is 0 Å².